The smallest absolute Gasteiger partial charge is 0.305 e. The molecule has 0 heterocycles. The standard InChI is InChI=1S/C22H42O2/c1-3-5-6-7-8-9-10-11-12-13-14-15-16-17-18-19-20-21-22(23)24-4-2/h17-18H,3-16,19-21H2,1-2H3/b18-17-. The largest absolute Gasteiger partial charge is 0.466 e. The predicted octanol–water partition coefficient (Wildman–Crippen LogP) is 7.37. The molecule has 0 aliphatic carbocycles. The lowest BCUT2D eigenvalue weighted by Crippen LogP contribution is -2.02. The van der Waals surface area contributed by atoms with Crippen LogP contribution in [0.4, 0.5) is 0 Å². The van der Waals surface area contributed by atoms with E-state index in [0.29, 0.717) is 13.0 Å². The number of hydrogen-bond acceptors (Lipinski definition) is 2. The summed E-state index contributed by atoms with van der Waals surface area (Å²) in [5.74, 6) is -0.0631. The van der Waals surface area contributed by atoms with E-state index in [1.165, 1.54) is 83.5 Å². The normalized spacial score (nSPS) is 11.2. The number of carbonyl (C=O) groups excluding carboxylic acids is 1. The van der Waals surface area contributed by atoms with Crippen molar-refractivity contribution in [2.75, 3.05) is 6.61 Å². The lowest BCUT2D eigenvalue weighted by molar-refractivity contribution is -0.143. The highest BCUT2D eigenvalue weighted by atomic mass is 16.5. The number of ether oxygens (including phenoxy) is 1. The first-order valence-electron chi connectivity index (χ1n) is 10.6. The highest BCUT2D eigenvalue weighted by Crippen LogP contribution is 2.12. The van der Waals surface area contributed by atoms with Gasteiger partial charge in [-0.1, -0.05) is 89.7 Å². The Morgan fingerprint density at radius 3 is 1.62 bits per heavy atom. The summed E-state index contributed by atoms with van der Waals surface area (Å²) >= 11 is 0. The van der Waals surface area contributed by atoms with Crippen LogP contribution in [0.2, 0.25) is 0 Å². The molecule has 0 unspecified atom stereocenters. The van der Waals surface area contributed by atoms with Crippen LogP contribution in [-0.4, -0.2) is 12.6 Å². The summed E-state index contributed by atoms with van der Waals surface area (Å²) in [6.07, 6.45) is 25.0. The summed E-state index contributed by atoms with van der Waals surface area (Å²) in [4.78, 5) is 11.2. The van der Waals surface area contributed by atoms with Gasteiger partial charge in [0.15, 0.2) is 0 Å². The fourth-order valence-corrected chi connectivity index (χ4v) is 2.94. The van der Waals surface area contributed by atoms with Gasteiger partial charge in [0.1, 0.15) is 0 Å². The highest BCUT2D eigenvalue weighted by Gasteiger charge is 1.98. The Bertz CT molecular complexity index is 284. The molecular formula is C22H42O2. The van der Waals surface area contributed by atoms with Crippen molar-refractivity contribution in [1.82, 2.24) is 0 Å². The van der Waals surface area contributed by atoms with E-state index in [0.717, 1.165) is 12.8 Å². The highest BCUT2D eigenvalue weighted by molar-refractivity contribution is 5.69. The fourth-order valence-electron chi connectivity index (χ4n) is 2.94. The Hall–Kier alpha value is -0.790. The lowest BCUT2D eigenvalue weighted by Gasteiger charge is -2.02. The second-order valence-electron chi connectivity index (χ2n) is 6.85. The molecule has 24 heavy (non-hydrogen) atoms. The van der Waals surface area contributed by atoms with Gasteiger partial charge in [0.2, 0.25) is 0 Å². The molecule has 0 radical (unpaired) electrons. The molecule has 0 bridgehead atoms. The first kappa shape index (κ1) is 23.2. The molecule has 0 aliphatic rings. The van der Waals surface area contributed by atoms with Crippen molar-refractivity contribution in [3.63, 3.8) is 0 Å². The number of hydrogen-bond donors (Lipinski definition) is 0. The van der Waals surface area contributed by atoms with E-state index in [1.54, 1.807) is 0 Å². The maximum atomic E-state index is 11.2. The summed E-state index contributed by atoms with van der Waals surface area (Å²) < 4.78 is 4.91. The number of allylic oxidation sites excluding steroid dienone is 2. The van der Waals surface area contributed by atoms with Gasteiger partial charge >= 0.3 is 5.97 Å². The van der Waals surface area contributed by atoms with Crippen LogP contribution >= 0.6 is 0 Å². The SMILES string of the molecule is CCCCCCCCCCCCCC/C=C\CCCC(=O)OCC. The second kappa shape index (κ2) is 20.3. The third kappa shape index (κ3) is 19.3. The van der Waals surface area contributed by atoms with Crippen molar-refractivity contribution >= 4 is 5.97 Å². The molecule has 0 spiro atoms. The third-order valence-electron chi connectivity index (χ3n) is 4.45. The van der Waals surface area contributed by atoms with Crippen molar-refractivity contribution in [3.05, 3.63) is 12.2 Å². The lowest BCUT2D eigenvalue weighted by atomic mass is 10.0. The van der Waals surface area contributed by atoms with E-state index in [-0.39, 0.29) is 5.97 Å². The fraction of sp³-hybridized carbons (Fsp3) is 0.864. The van der Waals surface area contributed by atoms with Gasteiger partial charge in [-0.15, -0.1) is 0 Å². The maximum Gasteiger partial charge on any atom is 0.305 e. The maximum absolute atomic E-state index is 11.2. The molecule has 0 amide bonds. The molecular weight excluding hydrogens is 296 g/mol. The van der Waals surface area contributed by atoms with Crippen LogP contribution in [-0.2, 0) is 9.53 Å². The molecule has 0 aromatic carbocycles. The summed E-state index contributed by atoms with van der Waals surface area (Å²) in [5, 5.41) is 0. The van der Waals surface area contributed by atoms with Crippen molar-refractivity contribution in [3.8, 4) is 0 Å². The zero-order valence-corrected chi connectivity index (χ0v) is 16.5. The predicted molar refractivity (Wildman–Crippen MR) is 105 cm³/mol. The van der Waals surface area contributed by atoms with Gasteiger partial charge in [0, 0.05) is 6.42 Å². The van der Waals surface area contributed by atoms with E-state index in [9.17, 15) is 4.79 Å². The van der Waals surface area contributed by atoms with E-state index in [1.807, 2.05) is 6.92 Å². The van der Waals surface area contributed by atoms with Crippen LogP contribution in [0.25, 0.3) is 0 Å². The molecule has 0 aromatic heterocycles. The monoisotopic (exact) mass is 338 g/mol. The molecule has 0 rings (SSSR count). The Morgan fingerprint density at radius 1 is 0.667 bits per heavy atom. The summed E-state index contributed by atoms with van der Waals surface area (Å²) in [6.45, 7) is 4.63. The molecule has 2 nitrogen and oxygen atoms in total. The van der Waals surface area contributed by atoms with Gasteiger partial charge in [-0.3, -0.25) is 4.79 Å². The topological polar surface area (TPSA) is 26.3 Å². The molecule has 0 fully saturated rings. The minimum Gasteiger partial charge on any atom is -0.466 e. The average Bonchev–Trinajstić information content (AvgIpc) is 2.58. The van der Waals surface area contributed by atoms with Gasteiger partial charge in [-0.25, -0.2) is 0 Å². The van der Waals surface area contributed by atoms with Crippen molar-refractivity contribution in [1.29, 1.82) is 0 Å². The van der Waals surface area contributed by atoms with E-state index >= 15 is 0 Å². The van der Waals surface area contributed by atoms with E-state index in [2.05, 4.69) is 19.1 Å². The molecule has 0 atom stereocenters. The van der Waals surface area contributed by atoms with Gasteiger partial charge in [0.05, 0.1) is 6.61 Å². The van der Waals surface area contributed by atoms with Crippen LogP contribution in [0, 0.1) is 0 Å². The number of esters is 1. The first-order chi connectivity index (χ1) is 11.8. The average molecular weight is 339 g/mol. The van der Waals surface area contributed by atoms with Crippen molar-refractivity contribution in [2.24, 2.45) is 0 Å². The van der Waals surface area contributed by atoms with Crippen LogP contribution in [0.1, 0.15) is 117 Å². The third-order valence-corrected chi connectivity index (χ3v) is 4.45. The van der Waals surface area contributed by atoms with Gasteiger partial charge in [0.25, 0.3) is 0 Å². The van der Waals surface area contributed by atoms with Crippen LogP contribution in [0.5, 0.6) is 0 Å². The molecule has 0 N–H and O–H groups in total. The Balaban J connectivity index is 3.11. The van der Waals surface area contributed by atoms with Crippen molar-refractivity contribution < 1.29 is 9.53 Å². The zero-order chi connectivity index (χ0) is 17.7. The molecule has 142 valence electrons. The minimum atomic E-state index is -0.0631. The molecule has 0 aliphatic heterocycles. The summed E-state index contributed by atoms with van der Waals surface area (Å²) in [6, 6.07) is 0. The van der Waals surface area contributed by atoms with Gasteiger partial charge < -0.3 is 4.74 Å². The number of rotatable bonds is 18. The van der Waals surface area contributed by atoms with Crippen molar-refractivity contribution in [2.45, 2.75) is 117 Å². The Kier molecular flexibility index (Phi) is 19.6. The van der Waals surface area contributed by atoms with E-state index < -0.39 is 0 Å². The quantitative estimate of drug-likeness (QED) is 0.148. The number of unbranched alkanes of at least 4 members (excludes halogenated alkanes) is 13. The van der Waals surface area contributed by atoms with Gasteiger partial charge in [-0.2, -0.15) is 0 Å². The van der Waals surface area contributed by atoms with Crippen LogP contribution in [0.15, 0.2) is 12.2 Å². The van der Waals surface area contributed by atoms with Crippen LogP contribution < -0.4 is 0 Å². The summed E-state index contributed by atoms with van der Waals surface area (Å²) in [5.41, 5.74) is 0. The van der Waals surface area contributed by atoms with Crippen LogP contribution in [0.3, 0.4) is 0 Å². The zero-order valence-electron chi connectivity index (χ0n) is 16.5. The molecule has 0 saturated heterocycles. The molecule has 0 aromatic rings. The Labute approximate surface area is 151 Å². The first-order valence-corrected chi connectivity index (χ1v) is 10.6. The molecule has 2 heteroatoms. The minimum absolute atomic E-state index is 0.0631. The number of carbonyl (C=O) groups is 1. The Morgan fingerprint density at radius 2 is 1.12 bits per heavy atom. The second-order valence-corrected chi connectivity index (χ2v) is 6.85. The van der Waals surface area contributed by atoms with E-state index in [4.69, 9.17) is 4.74 Å². The molecule has 0 saturated carbocycles. The summed E-state index contributed by atoms with van der Waals surface area (Å²) in [7, 11) is 0. The van der Waals surface area contributed by atoms with Gasteiger partial charge in [-0.05, 0) is 32.6 Å².